The van der Waals surface area contributed by atoms with Crippen molar-refractivity contribution in [1.29, 1.82) is 0 Å². The van der Waals surface area contributed by atoms with Crippen LogP contribution in [-0.4, -0.2) is 24.2 Å². The van der Waals surface area contributed by atoms with Gasteiger partial charge in [0, 0.05) is 34.3 Å². The molecule has 0 aliphatic heterocycles. The number of ether oxygens (including phenoxy) is 2. The molecule has 0 fully saturated rings. The Balaban J connectivity index is -0.000000450. The molecule has 2 heterocycles. The number of benzene rings is 2. The summed E-state index contributed by atoms with van der Waals surface area (Å²) in [4.78, 5) is 7.94. The first-order valence-corrected chi connectivity index (χ1v) is 11.4. The lowest BCUT2D eigenvalue weighted by atomic mass is 10.2. The number of terminal acetylenes is 1. The summed E-state index contributed by atoms with van der Waals surface area (Å²) in [5.74, 6) is 10.2. The summed E-state index contributed by atoms with van der Waals surface area (Å²) in [6, 6.07) is 15.0. The molecule has 2 aromatic heterocycles. The molecular weight excluding hydrogens is 540 g/mol. The van der Waals surface area contributed by atoms with Gasteiger partial charge in [0.05, 0.1) is 14.2 Å². The van der Waals surface area contributed by atoms with Crippen LogP contribution in [0, 0.1) is 24.2 Å². The Bertz CT molecular complexity index is 1110. The van der Waals surface area contributed by atoms with E-state index in [4.69, 9.17) is 15.9 Å². The fourth-order valence-electron chi connectivity index (χ4n) is 1.98. The highest BCUT2D eigenvalue weighted by Gasteiger charge is 1.91. The number of rotatable bonds is 2. The fourth-order valence-corrected chi connectivity index (χ4v) is 3.26. The van der Waals surface area contributed by atoms with Crippen molar-refractivity contribution < 1.29 is 9.47 Å². The van der Waals surface area contributed by atoms with Gasteiger partial charge >= 0.3 is 0 Å². The van der Waals surface area contributed by atoms with E-state index < -0.39 is 0 Å². The van der Waals surface area contributed by atoms with Crippen molar-refractivity contribution >= 4 is 38.6 Å². The molecule has 188 valence electrons. The standard InChI is InChI=1S/C12H9NOS.C9H8O.C3H2BrNS.4CH4/c1-14-11-5-2-10(3-6-11)4-7-12-13-8-9-15-12;1-3-8-4-6-9(10-2)7-5-8;4-3-5-1-2-6-3;;;;/h2-3,5-6,8-9H,1H3;1,4-7H,2H3;1-2H;4*1H4. The zero-order chi connectivity index (χ0) is 22.3. The quantitative estimate of drug-likeness (QED) is 0.224. The van der Waals surface area contributed by atoms with E-state index in [0.717, 1.165) is 31.6 Å². The van der Waals surface area contributed by atoms with Crippen LogP contribution in [0.3, 0.4) is 0 Å². The Kier molecular flexibility index (Phi) is 22.3. The first kappa shape index (κ1) is 36.5. The summed E-state index contributed by atoms with van der Waals surface area (Å²) < 4.78 is 11.0. The minimum Gasteiger partial charge on any atom is -0.497 e. The highest BCUT2D eigenvalue weighted by molar-refractivity contribution is 9.11. The van der Waals surface area contributed by atoms with E-state index in [-0.39, 0.29) is 29.7 Å². The molecule has 4 rings (SSSR count). The number of methoxy groups -OCH3 is 2. The molecule has 0 bridgehead atoms. The van der Waals surface area contributed by atoms with Crippen molar-refractivity contribution in [3.05, 3.63) is 91.7 Å². The van der Waals surface area contributed by atoms with E-state index in [1.165, 1.54) is 0 Å². The van der Waals surface area contributed by atoms with Crippen LogP contribution in [0.4, 0.5) is 0 Å². The van der Waals surface area contributed by atoms with Crippen LogP contribution >= 0.6 is 38.6 Å². The highest BCUT2D eigenvalue weighted by Crippen LogP contribution is 2.11. The Morgan fingerprint density at radius 1 is 0.714 bits per heavy atom. The topological polar surface area (TPSA) is 44.2 Å². The van der Waals surface area contributed by atoms with Gasteiger partial charge in [-0.3, -0.25) is 0 Å². The third-order valence-corrected chi connectivity index (χ3v) is 5.51. The van der Waals surface area contributed by atoms with Gasteiger partial charge in [-0.1, -0.05) is 41.5 Å². The van der Waals surface area contributed by atoms with Gasteiger partial charge in [0.15, 0.2) is 8.92 Å². The molecular formula is C28H35BrN2O2S2. The van der Waals surface area contributed by atoms with E-state index >= 15 is 0 Å². The number of hydrogen-bond donors (Lipinski definition) is 0. The second-order valence-corrected chi connectivity index (χ2v) is 8.54. The molecule has 0 amide bonds. The van der Waals surface area contributed by atoms with E-state index in [1.54, 1.807) is 49.3 Å². The Morgan fingerprint density at radius 2 is 1.20 bits per heavy atom. The molecule has 35 heavy (non-hydrogen) atoms. The molecule has 7 heteroatoms. The molecule has 0 aliphatic carbocycles. The molecule has 0 atom stereocenters. The molecule has 2 aromatic carbocycles. The van der Waals surface area contributed by atoms with E-state index in [2.05, 4.69) is 43.7 Å². The van der Waals surface area contributed by atoms with Gasteiger partial charge in [0.1, 0.15) is 11.5 Å². The Morgan fingerprint density at radius 3 is 1.54 bits per heavy atom. The molecule has 4 aromatic rings. The van der Waals surface area contributed by atoms with Crippen LogP contribution < -0.4 is 9.47 Å². The largest absolute Gasteiger partial charge is 0.497 e. The summed E-state index contributed by atoms with van der Waals surface area (Å²) >= 11 is 6.31. The second-order valence-electron chi connectivity index (χ2n) is 5.47. The maximum atomic E-state index is 5.15. The van der Waals surface area contributed by atoms with Crippen LogP contribution in [0.2, 0.25) is 0 Å². The zero-order valence-electron chi connectivity index (χ0n) is 16.9. The van der Waals surface area contributed by atoms with Crippen molar-refractivity contribution in [2.24, 2.45) is 0 Å². The predicted molar refractivity (Wildman–Crippen MR) is 159 cm³/mol. The number of nitrogens with zero attached hydrogens (tertiary/aromatic N) is 2. The maximum Gasteiger partial charge on any atom is 0.167 e. The molecule has 0 radical (unpaired) electrons. The van der Waals surface area contributed by atoms with Crippen LogP contribution in [0.25, 0.3) is 0 Å². The highest BCUT2D eigenvalue weighted by atomic mass is 79.9. The van der Waals surface area contributed by atoms with Gasteiger partial charge < -0.3 is 9.47 Å². The molecule has 0 unspecified atom stereocenters. The summed E-state index contributed by atoms with van der Waals surface area (Å²) in [6.07, 6.45) is 8.66. The second kappa shape index (κ2) is 21.4. The molecule has 0 aliphatic rings. The van der Waals surface area contributed by atoms with Crippen LogP contribution in [-0.2, 0) is 0 Å². The first-order chi connectivity index (χ1) is 15.1. The third-order valence-electron chi connectivity index (χ3n) is 3.49. The van der Waals surface area contributed by atoms with Gasteiger partial charge in [-0.05, 0) is 70.4 Å². The van der Waals surface area contributed by atoms with Crippen LogP contribution in [0.1, 0.15) is 45.8 Å². The van der Waals surface area contributed by atoms with Gasteiger partial charge in [0.2, 0.25) is 0 Å². The average Bonchev–Trinajstić information content (AvgIpc) is 3.53. The molecule has 0 spiro atoms. The fraction of sp³-hybridized carbons (Fsp3) is 0.214. The van der Waals surface area contributed by atoms with Gasteiger partial charge in [-0.15, -0.1) is 29.1 Å². The van der Waals surface area contributed by atoms with E-state index in [1.807, 2.05) is 59.3 Å². The van der Waals surface area contributed by atoms with Crippen molar-refractivity contribution in [2.75, 3.05) is 14.2 Å². The number of thiazole rings is 2. The van der Waals surface area contributed by atoms with Gasteiger partial charge in [-0.2, -0.15) is 0 Å². The maximum absolute atomic E-state index is 5.15. The number of hydrogen-bond acceptors (Lipinski definition) is 6. The summed E-state index contributed by atoms with van der Waals surface area (Å²) in [7, 11) is 3.28. The predicted octanol–water partition coefficient (Wildman–Crippen LogP) is 8.68. The van der Waals surface area contributed by atoms with Crippen molar-refractivity contribution in [1.82, 2.24) is 9.97 Å². The monoisotopic (exact) mass is 574 g/mol. The third kappa shape index (κ3) is 14.7. The molecule has 0 saturated heterocycles. The lowest BCUT2D eigenvalue weighted by Gasteiger charge is -1.97. The molecule has 0 saturated carbocycles. The van der Waals surface area contributed by atoms with Crippen LogP contribution in [0.15, 0.2) is 75.6 Å². The van der Waals surface area contributed by atoms with Crippen molar-refractivity contribution in [3.8, 4) is 35.7 Å². The normalized spacial score (nSPS) is 7.83. The summed E-state index contributed by atoms with van der Waals surface area (Å²) in [5, 5.41) is 4.67. The summed E-state index contributed by atoms with van der Waals surface area (Å²) in [6.45, 7) is 0. The molecule has 0 N–H and O–H groups in total. The zero-order valence-corrected chi connectivity index (χ0v) is 20.1. The first-order valence-electron chi connectivity index (χ1n) is 8.86. The smallest absolute Gasteiger partial charge is 0.167 e. The van der Waals surface area contributed by atoms with Gasteiger partial charge in [-0.25, -0.2) is 9.97 Å². The lowest BCUT2D eigenvalue weighted by Crippen LogP contribution is -1.81. The minimum absolute atomic E-state index is 0. The Hall–Kier alpha value is -3.10. The average molecular weight is 576 g/mol. The molecule has 4 nitrogen and oxygen atoms in total. The minimum atomic E-state index is 0. The van der Waals surface area contributed by atoms with E-state index in [0.29, 0.717) is 0 Å². The van der Waals surface area contributed by atoms with Gasteiger partial charge in [0.25, 0.3) is 0 Å². The number of halogens is 1. The Labute approximate surface area is 228 Å². The number of aromatic nitrogens is 2. The van der Waals surface area contributed by atoms with Crippen LogP contribution in [0.5, 0.6) is 11.5 Å². The summed E-state index contributed by atoms with van der Waals surface area (Å²) in [5.41, 5.74) is 1.84. The van der Waals surface area contributed by atoms with E-state index in [9.17, 15) is 0 Å². The van der Waals surface area contributed by atoms with Crippen molar-refractivity contribution in [2.45, 2.75) is 29.7 Å². The lowest BCUT2D eigenvalue weighted by molar-refractivity contribution is 0.414. The SMILES string of the molecule is Brc1nccs1.C.C.C.C.C#Cc1ccc(OC)cc1.COc1ccc(C#Cc2nccs2)cc1. The van der Waals surface area contributed by atoms with Crippen molar-refractivity contribution in [3.63, 3.8) is 0 Å².